The molecular formula is C23H31N6O2+. The number of pyridine rings is 1. The van der Waals surface area contributed by atoms with Crippen LogP contribution in [-0.4, -0.2) is 51.5 Å². The van der Waals surface area contributed by atoms with Crippen LogP contribution in [0.25, 0.3) is 10.9 Å². The summed E-state index contributed by atoms with van der Waals surface area (Å²) in [6.07, 6.45) is 5.86. The zero-order valence-corrected chi connectivity index (χ0v) is 18.4. The lowest BCUT2D eigenvalue weighted by atomic mass is 9.95. The molecule has 0 spiro atoms. The lowest BCUT2D eigenvalue weighted by molar-refractivity contribution is -0.933. The number of hydrogen-bond acceptors (Lipinski definition) is 5. The first-order valence-corrected chi connectivity index (χ1v) is 11.5. The minimum Gasteiger partial charge on any atom is -0.370 e. The lowest BCUT2D eigenvalue weighted by Gasteiger charge is -2.32. The van der Waals surface area contributed by atoms with Gasteiger partial charge in [-0.25, -0.2) is 4.68 Å². The number of aromatic amines is 1. The number of nitrogens with zero attached hydrogens (tertiary/aromatic N) is 4. The van der Waals surface area contributed by atoms with Crippen LogP contribution in [0.4, 0.5) is 0 Å². The first-order chi connectivity index (χ1) is 15.1. The van der Waals surface area contributed by atoms with Crippen molar-refractivity contribution in [2.75, 3.05) is 26.3 Å². The molecule has 1 atom stereocenters. The monoisotopic (exact) mass is 423 g/mol. The number of H-pyrrole nitrogens is 1. The second-order valence-electron chi connectivity index (χ2n) is 9.07. The van der Waals surface area contributed by atoms with E-state index in [1.54, 1.807) is 0 Å². The van der Waals surface area contributed by atoms with Crippen LogP contribution in [-0.2, 0) is 4.74 Å². The van der Waals surface area contributed by atoms with Crippen molar-refractivity contribution in [3.63, 3.8) is 0 Å². The van der Waals surface area contributed by atoms with E-state index in [4.69, 9.17) is 4.74 Å². The van der Waals surface area contributed by atoms with Crippen LogP contribution in [0.2, 0.25) is 0 Å². The summed E-state index contributed by atoms with van der Waals surface area (Å²) in [5.74, 6) is 0.804. The van der Waals surface area contributed by atoms with Gasteiger partial charge in [0.05, 0.1) is 24.8 Å². The van der Waals surface area contributed by atoms with Gasteiger partial charge in [0.25, 0.3) is 5.56 Å². The Kier molecular flexibility index (Phi) is 5.58. The smallest absolute Gasteiger partial charge is 0.258 e. The van der Waals surface area contributed by atoms with Gasteiger partial charge in [0.15, 0.2) is 6.04 Å². The van der Waals surface area contributed by atoms with E-state index < -0.39 is 0 Å². The molecule has 1 aromatic carbocycles. The average molecular weight is 424 g/mol. The molecule has 5 rings (SSSR count). The molecular weight excluding hydrogens is 392 g/mol. The number of tetrazole rings is 1. The van der Waals surface area contributed by atoms with Crippen molar-refractivity contribution in [3.05, 3.63) is 51.1 Å². The van der Waals surface area contributed by atoms with Gasteiger partial charge in [0.1, 0.15) is 13.1 Å². The van der Waals surface area contributed by atoms with Crippen molar-refractivity contribution in [3.8, 4) is 0 Å². The number of morpholine rings is 1. The van der Waals surface area contributed by atoms with Crippen LogP contribution in [0.3, 0.4) is 0 Å². The Labute approximate surface area is 181 Å². The number of hydrogen-bond donors (Lipinski definition) is 2. The van der Waals surface area contributed by atoms with Crippen molar-refractivity contribution in [2.24, 2.45) is 0 Å². The van der Waals surface area contributed by atoms with E-state index in [1.807, 2.05) is 10.7 Å². The molecule has 0 unspecified atom stereocenters. The molecule has 0 bridgehead atoms. The Morgan fingerprint density at radius 1 is 1.13 bits per heavy atom. The SMILES string of the molecule is Cc1cc(C)c2cc([C@H](c3nnnn3C3CCCCC3)[NH+]3CCOCC3)c(=O)[nH]c2c1. The largest absolute Gasteiger partial charge is 0.370 e. The van der Waals surface area contributed by atoms with Gasteiger partial charge in [-0.2, -0.15) is 0 Å². The predicted octanol–water partition coefficient (Wildman–Crippen LogP) is 1.64. The average Bonchev–Trinajstić information content (AvgIpc) is 3.25. The highest BCUT2D eigenvalue weighted by Crippen LogP contribution is 2.30. The molecule has 1 saturated carbocycles. The highest BCUT2D eigenvalue weighted by Gasteiger charge is 2.36. The molecule has 8 nitrogen and oxygen atoms in total. The minimum absolute atomic E-state index is 0.0558. The van der Waals surface area contributed by atoms with Gasteiger partial charge in [-0.3, -0.25) is 4.79 Å². The predicted molar refractivity (Wildman–Crippen MR) is 117 cm³/mol. The Hall–Kier alpha value is -2.58. The second kappa shape index (κ2) is 8.51. The van der Waals surface area contributed by atoms with E-state index in [2.05, 4.69) is 46.5 Å². The Morgan fingerprint density at radius 3 is 2.68 bits per heavy atom. The summed E-state index contributed by atoms with van der Waals surface area (Å²) in [4.78, 5) is 17.8. The summed E-state index contributed by atoms with van der Waals surface area (Å²) >= 11 is 0. The van der Waals surface area contributed by atoms with Gasteiger partial charge in [-0.1, -0.05) is 25.3 Å². The molecule has 2 aliphatic rings. The molecule has 2 aromatic heterocycles. The van der Waals surface area contributed by atoms with Crippen LogP contribution in [0, 0.1) is 13.8 Å². The normalized spacial score (nSPS) is 19.7. The zero-order valence-electron chi connectivity index (χ0n) is 18.4. The van der Waals surface area contributed by atoms with Gasteiger partial charge in [0, 0.05) is 10.9 Å². The van der Waals surface area contributed by atoms with Gasteiger partial charge in [0.2, 0.25) is 5.82 Å². The van der Waals surface area contributed by atoms with Crippen molar-refractivity contribution in [1.29, 1.82) is 0 Å². The summed E-state index contributed by atoms with van der Waals surface area (Å²) in [6, 6.07) is 6.36. The van der Waals surface area contributed by atoms with Crippen LogP contribution in [0.1, 0.15) is 66.7 Å². The van der Waals surface area contributed by atoms with E-state index in [0.717, 1.165) is 59.3 Å². The third-order valence-corrected chi connectivity index (χ3v) is 6.89. The van der Waals surface area contributed by atoms with Crippen LogP contribution in [0.5, 0.6) is 0 Å². The van der Waals surface area contributed by atoms with E-state index >= 15 is 0 Å². The number of quaternary nitrogens is 1. The van der Waals surface area contributed by atoms with E-state index in [-0.39, 0.29) is 11.6 Å². The van der Waals surface area contributed by atoms with E-state index in [1.165, 1.54) is 24.2 Å². The van der Waals surface area contributed by atoms with E-state index in [0.29, 0.717) is 19.3 Å². The fraction of sp³-hybridized carbons (Fsp3) is 0.565. The van der Waals surface area contributed by atoms with Crippen LogP contribution < -0.4 is 10.5 Å². The maximum Gasteiger partial charge on any atom is 0.258 e. The van der Waals surface area contributed by atoms with Crippen molar-refractivity contribution in [1.82, 2.24) is 25.2 Å². The van der Waals surface area contributed by atoms with E-state index in [9.17, 15) is 4.79 Å². The highest BCUT2D eigenvalue weighted by molar-refractivity contribution is 5.83. The van der Waals surface area contributed by atoms with Gasteiger partial charge >= 0.3 is 0 Å². The summed E-state index contributed by atoms with van der Waals surface area (Å²) < 4.78 is 7.63. The fourth-order valence-corrected chi connectivity index (χ4v) is 5.34. The number of nitrogens with one attached hydrogen (secondary N) is 2. The summed E-state index contributed by atoms with van der Waals surface area (Å²) in [5.41, 5.74) is 3.87. The number of fused-ring (bicyclic) bond motifs is 1. The molecule has 2 fully saturated rings. The molecule has 1 aliphatic carbocycles. The third-order valence-electron chi connectivity index (χ3n) is 6.89. The fourth-order valence-electron chi connectivity index (χ4n) is 5.34. The number of aromatic nitrogens is 5. The topological polar surface area (TPSA) is 90.1 Å². The maximum atomic E-state index is 13.3. The molecule has 0 amide bonds. The number of aryl methyl sites for hydroxylation is 2. The molecule has 8 heteroatoms. The Bertz CT molecular complexity index is 1120. The minimum atomic E-state index is -0.213. The second-order valence-corrected chi connectivity index (χ2v) is 9.07. The first-order valence-electron chi connectivity index (χ1n) is 11.5. The Morgan fingerprint density at radius 2 is 1.90 bits per heavy atom. The number of rotatable bonds is 4. The van der Waals surface area contributed by atoms with Gasteiger partial charge in [-0.05, 0) is 60.4 Å². The quantitative estimate of drug-likeness (QED) is 0.666. The van der Waals surface area contributed by atoms with Crippen molar-refractivity contribution < 1.29 is 9.64 Å². The summed E-state index contributed by atoms with van der Waals surface area (Å²) in [6.45, 7) is 7.16. The highest BCUT2D eigenvalue weighted by atomic mass is 16.5. The molecule has 3 heterocycles. The maximum absolute atomic E-state index is 13.3. The number of ether oxygens (including phenoxy) is 1. The van der Waals surface area contributed by atoms with Crippen LogP contribution in [0.15, 0.2) is 23.0 Å². The molecule has 31 heavy (non-hydrogen) atoms. The van der Waals surface area contributed by atoms with Crippen LogP contribution >= 0.6 is 0 Å². The van der Waals surface area contributed by atoms with Gasteiger partial charge < -0.3 is 14.6 Å². The lowest BCUT2D eigenvalue weighted by Crippen LogP contribution is -3.14. The molecule has 1 saturated heterocycles. The molecule has 2 N–H and O–H groups in total. The molecule has 1 aliphatic heterocycles. The summed E-state index contributed by atoms with van der Waals surface area (Å²) in [5, 5.41) is 14.0. The Balaban J connectivity index is 1.65. The third kappa shape index (κ3) is 3.90. The van der Waals surface area contributed by atoms with Crippen molar-refractivity contribution >= 4 is 10.9 Å². The standard InChI is InChI=1S/C23H30N6O2/c1-15-12-16(2)18-14-19(23(30)24-20(18)13-15)21(28-8-10-31-11-9-28)22-25-26-27-29(22)17-6-4-3-5-7-17/h12-14,17,21H,3-11H2,1-2H3,(H,24,30)/p+1/t21-/m1/s1. The molecule has 0 radical (unpaired) electrons. The molecule has 3 aromatic rings. The number of benzene rings is 1. The zero-order chi connectivity index (χ0) is 21.4. The first kappa shape index (κ1) is 20.3. The summed E-state index contributed by atoms with van der Waals surface area (Å²) in [7, 11) is 0. The van der Waals surface area contributed by atoms with Crippen molar-refractivity contribution in [2.45, 2.75) is 58.0 Å². The van der Waals surface area contributed by atoms with Gasteiger partial charge in [-0.15, -0.1) is 5.10 Å². The molecule has 164 valence electrons.